The third kappa shape index (κ3) is 6.43. The van der Waals surface area contributed by atoms with Crippen molar-refractivity contribution in [3.8, 4) is 17.2 Å². The molecular weight excluding hydrogens is 454 g/mol. The van der Waals surface area contributed by atoms with Gasteiger partial charge in [0.25, 0.3) is 0 Å². The van der Waals surface area contributed by atoms with Crippen LogP contribution in [-0.4, -0.2) is 42.5 Å². The molecule has 3 aromatic rings. The summed E-state index contributed by atoms with van der Waals surface area (Å²) in [6.45, 7) is 0.912. The third-order valence-corrected chi connectivity index (χ3v) is 6.36. The summed E-state index contributed by atoms with van der Waals surface area (Å²) in [7, 11) is 1.61. The zero-order chi connectivity index (χ0) is 25.3. The van der Waals surface area contributed by atoms with Crippen molar-refractivity contribution in [2.24, 2.45) is 5.73 Å². The molecule has 0 saturated carbocycles. The standard InChI is InChI=1S/C29H33N3O4/c1-35-23-14-10-21(11-15-23)19-26-29(34)32(27(28(33)31-26)9-5-6-18-30)20-22-12-16-25(17-13-22)36-24-7-3-2-4-8-24/h2-4,7-8,10-17,26-27H,5-6,9,18-20,30H2,1H3,(H,31,33). The summed E-state index contributed by atoms with van der Waals surface area (Å²) in [6.07, 6.45) is 2.60. The van der Waals surface area contributed by atoms with Crippen LogP contribution in [0.3, 0.4) is 0 Å². The highest BCUT2D eigenvalue weighted by atomic mass is 16.5. The highest BCUT2D eigenvalue weighted by Gasteiger charge is 2.40. The Bertz CT molecular complexity index is 1130. The number of hydrogen-bond acceptors (Lipinski definition) is 5. The number of ether oxygens (including phenoxy) is 2. The molecule has 0 radical (unpaired) electrons. The fraction of sp³-hybridized carbons (Fsp3) is 0.310. The van der Waals surface area contributed by atoms with E-state index < -0.39 is 12.1 Å². The minimum atomic E-state index is -0.614. The number of methoxy groups -OCH3 is 1. The molecule has 1 aliphatic heterocycles. The van der Waals surface area contributed by atoms with Gasteiger partial charge in [-0.2, -0.15) is 0 Å². The van der Waals surface area contributed by atoms with E-state index in [0.717, 1.165) is 35.5 Å². The second-order valence-corrected chi connectivity index (χ2v) is 8.94. The molecule has 1 fully saturated rings. The first-order valence-corrected chi connectivity index (χ1v) is 12.3. The van der Waals surface area contributed by atoms with Gasteiger partial charge < -0.3 is 25.4 Å². The lowest BCUT2D eigenvalue weighted by Gasteiger charge is -2.39. The Morgan fingerprint density at radius 3 is 2.14 bits per heavy atom. The summed E-state index contributed by atoms with van der Waals surface area (Å²) >= 11 is 0. The van der Waals surface area contributed by atoms with Gasteiger partial charge in [0.05, 0.1) is 7.11 Å². The molecule has 0 bridgehead atoms. The average Bonchev–Trinajstić information content (AvgIpc) is 2.90. The Labute approximate surface area is 212 Å². The number of nitrogens with zero attached hydrogens (tertiary/aromatic N) is 1. The van der Waals surface area contributed by atoms with E-state index in [1.807, 2.05) is 78.9 Å². The number of nitrogens with one attached hydrogen (secondary N) is 1. The van der Waals surface area contributed by atoms with E-state index in [9.17, 15) is 9.59 Å². The maximum atomic E-state index is 13.6. The number of benzene rings is 3. The topological polar surface area (TPSA) is 93.9 Å². The van der Waals surface area contributed by atoms with E-state index in [-0.39, 0.29) is 11.8 Å². The van der Waals surface area contributed by atoms with Crippen LogP contribution in [-0.2, 0) is 22.6 Å². The minimum absolute atomic E-state index is 0.0761. The van der Waals surface area contributed by atoms with Gasteiger partial charge in [0, 0.05) is 13.0 Å². The van der Waals surface area contributed by atoms with Crippen LogP contribution in [0, 0.1) is 0 Å². The van der Waals surface area contributed by atoms with Gasteiger partial charge in [0.2, 0.25) is 11.8 Å². The molecule has 4 rings (SSSR count). The quantitative estimate of drug-likeness (QED) is 0.398. The lowest BCUT2D eigenvalue weighted by molar-refractivity contribution is -0.150. The predicted octanol–water partition coefficient (Wildman–Crippen LogP) is 4.05. The number of unbranched alkanes of at least 4 members (excludes halogenated alkanes) is 1. The van der Waals surface area contributed by atoms with Crippen molar-refractivity contribution < 1.29 is 19.1 Å². The zero-order valence-corrected chi connectivity index (χ0v) is 20.6. The second kappa shape index (κ2) is 12.2. The minimum Gasteiger partial charge on any atom is -0.497 e. The average molecular weight is 488 g/mol. The summed E-state index contributed by atoms with van der Waals surface area (Å²) in [4.78, 5) is 28.4. The van der Waals surface area contributed by atoms with Crippen LogP contribution < -0.4 is 20.5 Å². The van der Waals surface area contributed by atoms with Crippen LogP contribution in [0.2, 0.25) is 0 Å². The number of amides is 2. The first-order chi connectivity index (χ1) is 17.6. The summed E-state index contributed by atoms with van der Waals surface area (Å²) < 4.78 is 11.1. The molecule has 2 amide bonds. The summed E-state index contributed by atoms with van der Waals surface area (Å²) in [6, 6.07) is 23.6. The van der Waals surface area contributed by atoms with Gasteiger partial charge in [-0.3, -0.25) is 9.59 Å². The number of carbonyl (C=O) groups excluding carboxylic acids is 2. The van der Waals surface area contributed by atoms with Crippen LogP contribution in [0.25, 0.3) is 0 Å². The van der Waals surface area contributed by atoms with E-state index in [1.54, 1.807) is 12.0 Å². The molecule has 3 aromatic carbocycles. The van der Waals surface area contributed by atoms with E-state index in [4.69, 9.17) is 15.2 Å². The second-order valence-electron chi connectivity index (χ2n) is 8.94. The molecular formula is C29H33N3O4. The first-order valence-electron chi connectivity index (χ1n) is 12.3. The number of rotatable bonds is 11. The smallest absolute Gasteiger partial charge is 0.246 e. The Balaban J connectivity index is 1.49. The summed E-state index contributed by atoms with van der Waals surface area (Å²) in [5.41, 5.74) is 7.55. The van der Waals surface area contributed by atoms with Crippen molar-refractivity contribution >= 4 is 11.8 Å². The van der Waals surface area contributed by atoms with Gasteiger partial charge in [0.15, 0.2) is 0 Å². The number of carbonyl (C=O) groups is 2. The van der Waals surface area contributed by atoms with Crippen LogP contribution >= 0.6 is 0 Å². The van der Waals surface area contributed by atoms with Crippen molar-refractivity contribution in [2.45, 2.75) is 44.3 Å². The van der Waals surface area contributed by atoms with E-state index >= 15 is 0 Å². The Morgan fingerprint density at radius 2 is 1.47 bits per heavy atom. The Morgan fingerprint density at radius 1 is 0.833 bits per heavy atom. The van der Waals surface area contributed by atoms with Crippen LogP contribution in [0.4, 0.5) is 0 Å². The van der Waals surface area contributed by atoms with Gasteiger partial charge in [0.1, 0.15) is 29.3 Å². The van der Waals surface area contributed by atoms with Crippen molar-refractivity contribution in [1.29, 1.82) is 0 Å². The fourth-order valence-electron chi connectivity index (χ4n) is 4.40. The molecule has 1 aliphatic rings. The van der Waals surface area contributed by atoms with Crippen molar-refractivity contribution in [1.82, 2.24) is 10.2 Å². The number of nitrogens with two attached hydrogens (primary N) is 1. The largest absolute Gasteiger partial charge is 0.497 e. The highest BCUT2D eigenvalue weighted by molar-refractivity contribution is 5.97. The zero-order valence-electron chi connectivity index (χ0n) is 20.6. The lowest BCUT2D eigenvalue weighted by atomic mass is 9.97. The van der Waals surface area contributed by atoms with Gasteiger partial charge in [-0.05, 0) is 73.3 Å². The van der Waals surface area contributed by atoms with E-state index in [2.05, 4.69) is 5.32 Å². The van der Waals surface area contributed by atoms with Gasteiger partial charge >= 0.3 is 0 Å². The molecule has 0 aromatic heterocycles. The molecule has 36 heavy (non-hydrogen) atoms. The molecule has 2 unspecified atom stereocenters. The highest BCUT2D eigenvalue weighted by Crippen LogP contribution is 2.25. The molecule has 2 atom stereocenters. The van der Waals surface area contributed by atoms with E-state index in [1.165, 1.54) is 0 Å². The normalized spacial score (nSPS) is 17.6. The molecule has 7 heteroatoms. The van der Waals surface area contributed by atoms with Gasteiger partial charge in [-0.25, -0.2) is 0 Å². The van der Waals surface area contributed by atoms with Gasteiger partial charge in [-0.15, -0.1) is 0 Å². The van der Waals surface area contributed by atoms with Gasteiger partial charge in [-0.1, -0.05) is 42.5 Å². The SMILES string of the molecule is COc1ccc(CC2NC(=O)C(CCCCN)N(Cc3ccc(Oc4ccccc4)cc3)C2=O)cc1. The lowest BCUT2D eigenvalue weighted by Crippen LogP contribution is -2.63. The van der Waals surface area contributed by atoms with Crippen molar-refractivity contribution in [2.75, 3.05) is 13.7 Å². The molecule has 188 valence electrons. The summed E-state index contributed by atoms with van der Waals surface area (Å²) in [5, 5.41) is 2.96. The number of piperazine rings is 1. The molecule has 7 nitrogen and oxygen atoms in total. The molecule has 0 spiro atoms. The Hall–Kier alpha value is -3.84. The van der Waals surface area contributed by atoms with Crippen LogP contribution in [0.15, 0.2) is 78.9 Å². The van der Waals surface area contributed by atoms with Crippen molar-refractivity contribution in [3.63, 3.8) is 0 Å². The third-order valence-electron chi connectivity index (χ3n) is 6.36. The van der Waals surface area contributed by atoms with Crippen molar-refractivity contribution in [3.05, 3.63) is 90.0 Å². The maximum absolute atomic E-state index is 13.6. The fourth-order valence-corrected chi connectivity index (χ4v) is 4.40. The molecule has 1 saturated heterocycles. The predicted molar refractivity (Wildman–Crippen MR) is 139 cm³/mol. The number of para-hydroxylation sites is 1. The van der Waals surface area contributed by atoms with Crippen LogP contribution in [0.5, 0.6) is 17.2 Å². The van der Waals surface area contributed by atoms with E-state index in [0.29, 0.717) is 31.7 Å². The molecule has 3 N–H and O–H groups in total. The Kier molecular flexibility index (Phi) is 8.57. The monoisotopic (exact) mass is 487 g/mol. The summed E-state index contributed by atoms with van der Waals surface area (Å²) in [5.74, 6) is 2.03. The van der Waals surface area contributed by atoms with Crippen LogP contribution in [0.1, 0.15) is 30.4 Å². The molecule has 1 heterocycles. The number of hydrogen-bond donors (Lipinski definition) is 2. The maximum Gasteiger partial charge on any atom is 0.246 e. The molecule has 0 aliphatic carbocycles. The first kappa shape index (κ1) is 25.3.